The molecule has 0 radical (unpaired) electrons. The molecular formula is C17H16BrN3OSe. The van der Waals surface area contributed by atoms with E-state index in [0.717, 1.165) is 27.6 Å². The Morgan fingerprint density at radius 1 is 1.26 bits per heavy atom. The van der Waals surface area contributed by atoms with Gasteiger partial charge in [0.15, 0.2) is 0 Å². The van der Waals surface area contributed by atoms with Gasteiger partial charge in [-0.3, -0.25) is 0 Å². The number of hydrogen-bond acceptors (Lipinski definition) is 2. The van der Waals surface area contributed by atoms with Gasteiger partial charge in [0.05, 0.1) is 0 Å². The molecule has 1 heterocycles. The molecule has 118 valence electrons. The summed E-state index contributed by atoms with van der Waals surface area (Å²) in [5.74, 6) is 0. The van der Waals surface area contributed by atoms with Gasteiger partial charge >= 0.3 is 150 Å². The molecule has 2 amide bonds. The molecule has 3 rings (SSSR count). The molecule has 6 heteroatoms. The molecular weight excluding hydrogens is 421 g/mol. The van der Waals surface area contributed by atoms with E-state index in [0.29, 0.717) is 15.0 Å². The van der Waals surface area contributed by atoms with E-state index in [1.54, 1.807) is 0 Å². The summed E-state index contributed by atoms with van der Waals surface area (Å²) >= 11 is 3.88. The van der Waals surface area contributed by atoms with Crippen LogP contribution in [0.4, 0.5) is 10.5 Å². The van der Waals surface area contributed by atoms with Crippen LogP contribution in [0.25, 0.3) is 0 Å². The monoisotopic (exact) mass is 437 g/mol. The standard InChI is InChI=1S/C17H16BrN3OSe/c1-11-5-6-16-14(9-11)15(7-8-23-16)20-21-17(22)19-13-4-2-3-12(18)10-13/h2-6,9-10H,7-8H2,1H3,(H2,19,21,22)/b20-15+. The van der Waals surface area contributed by atoms with Gasteiger partial charge in [0.1, 0.15) is 0 Å². The number of anilines is 1. The molecule has 1 aliphatic heterocycles. The molecule has 2 N–H and O–H groups in total. The van der Waals surface area contributed by atoms with Crippen LogP contribution >= 0.6 is 15.9 Å². The number of halogens is 1. The summed E-state index contributed by atoms with van der Waals surface area (Å²) in [5, 5.41) is 8.23. The molecule has 0 atom stereocenters. The summed E-state index contributed by atoms with van der Waals surface area (Å²) in [4.78, 5) is 12.0. The number of hydrazone groups is 1. The van der Waals surface area contributed by atoms with Crippen molar-refractivity contribution in [2.45, 2.75) is 18.7 Å². The van der Waals surface area contributed by atoms with E-state index in [1.165, 1.54) is 15.6 Å². The topological polar surface area (TPSA) is 53.5 Å². The Labute approximate surface area is 150 Å². The molecule has 0 saturated heterocycles. The fraction of sp³-hybridized carbons (Fsp3) is 0.176. The summed E-state index contributed by atoms with van der Waals surface area (Å²) in [6.07, 6.45) is 0.910. The Hall–Kier alpha value is -1.62. The van der Waals surface area contributed by atoms with Crippen LogP contribution in [0.5, 0.6) is 0 Å². The van der Waals surface area contributed by atoms with Crippen LogP contribution in [0.3, 0.4) is 0 Å². The summed E-state index contributed by atoms with van der Waals surface area (Å²) in [6, 6.07) is 13.6. The number of aryl methyl sites for hydroxylation is 1. The predicted octanol–water partition coefficient (Wildman–Crippen LogP) is 3.43. The Balaban J connectivity index is 1.71. The average molecular weight is 437 g/mol. The quantitative estimate of drug-likeness (QED) is 0.549. The number of nitrogens with one attached hydrogen (secondary N) is 2. The number of carbonyl (C=O) groups excluding carboxylic acids is 1. The second kappa shape index (κ2) is 7.30. The third kappa shape index (κ3) is 4.22. The van der Waals surface area contributed by atoms with Crippen LogP contribution < -0.4 is 15.2 Å². The first-order valence-corrected chi connectivity index (χ1v) is 10.1. The van der Waals surface area contributed by atoms with Gasteiger partial charge in [-0.25, -0.2) is 0 Å². The zero-order valence-corrected chi connectivity index (χ0v) is 15.9. The fourth-order valence-electron chi connectivity index (χ4n) is 2.35. The molecule has 0 saturated carbocycles. The van der Waals surface area contributed by atoms with Gasteiger partial charge in [0, 0.05) is 0 Å². The molecule has 4 nitrogen and oxygen atoms in total. The summed E-state index contributed by atoms with van der Waals surface area (Å²) in [7, 11) is 0. The van der Waals surface area contributed by atoms with E-state index < -0.39 is 0 Å². The van der Waals surface area contributed by atoms with Gasteiger partial charge in [-0.1, -0.05) is 0 Å². The number of rotatable bonds is 2. The van der Waals surface area contributed by atoms with Crippen molar-refractivity contribution in [1.82, 2.24) is 5.43 Å². The summed E-state index contributed by atoms with van der Waals surface area (Å²) < 4.78 is 2.28. The Morgan fingerprint density at radius 3 is 2.96 bits per heavy atom. The zero-order chi connectivity index (χ0) is 16.2. The van der Waals surface area contributed by atoms with Crippen LogP contribution in [0.15, 0.2) is 52.0 Å². The number of carbonyl (C=O) groups is 1. The van der Waals surface area contributed by atoms with Crippen molar-refractivity contribution in [3.8, 4) is 0 Å². The zero-order valence-electron chi connectivity index (χ0n) is 12.6. The van der Waals surface area contributed by atoms with E-state index in [4.69, 9.17) is 0 Å². The number of fused-ring (bicyclic) bond motifs is 1. The van der Waals surface area contributed by atoms with E-state index in [1.807, 2.05) is 24.3 Å². The van der Waals surface area contributed by atoms with E-state index >= 15 is 0 Å². The van der Waals surface area contributed by atoms with E-state index in [-0.39, 0.29) is 6.03 Å². The predicted molar refractivity (Wildman–Crippen MR) is 98.8 cm³/mol. The van der Waals surface area contributed by atoms with Crippen LogP contribution in [0, 0.1) is 6.92 Å². The van der Waals surface area contributed by atoms with Crippen molar-refractivity contribution >= 4 is 52.8 Å². The molecule has 0 bridgehead atoms. The Bertz CT molecular complexity index is 776. The second-order valence-corrected chi connectivity index (χ2v) is 8.53. The number of nitrogens with zero attached hydrogens (tertiary/aromatic N) is 1. The van der Waals surface area contributed by atoms with E-state index in [9.17, 15) is 4.79 Å². The van der Waals surface area contributed by atoms with Gasteiger partial charge in [-0.2, -0.15) is 0 Å². The molecule has 23 heavy (non-hydrogen) atoms. The number of benzene rings is 2. The summed E-state index contributed by atoms with van der Waals surface area (Å²) in [6.45, 7) is 2.08. The molecule has 0 fully saturated rings. The van der Waals surface area contributed by atoms with Crippen molar-refractivity contribution in [3.05, 3.63) is 58.1 Å². The molecule has 2 aromatic carbocycles. The Morgan fingerprint density at radius 2 is 2.13 bits per heavy atom. The minimum absolute atomic E-state index is 0.333. The van der Waals surface area contributed by atoms with Crippen molar-refractivity contribution in [2.75, 3.05) is 5.32 Å². The molecule has 0 spiro atoms. The maximum atomic E-state index is 12.0. The molecule has 0 aromatic heterocycles. The van der Waals surface area contributed by atoms with Gasteiger partial charge in [0.25, 0.3) is 0 Å². The molecule has 0 aliphatic carbocycles. The first-order chi connectivity index (χ1) is 11.1. The first-order valence-electron chi connectivity index (χ1n) is 7.25. The SMILES string of the molecule is Cc1ccc2c(c1)/C(=N/NC(=O)Nc1cccc(Br)c1)CC[Se]2. The number of urea groups is 1. The van der Waals surface area contributed by atoms with Gasteiger partial charge in [-0.15, -0.1) is 0 Å². The number of amides is 2. The van der Waals surface area contributed by atoms with Crippen LogP contribution in [0.1, 0.15) is 17.5 Å². The Kier molecular flexibility index (Phi) is 5.16. The van der Waals surface area contributed by atoms with Gasteiger partial charge in [0.2, 0.25) is 0 Å². The third-order valence-corrected chi connectivity index (χ3v) is 6.17. The molecule has 1 aliphatic rings. The average Bonchev–Trinajstić information content (AvgIpc) is 2.53. The van der Waals surface area contributed by atoms with Crippen LogP contribution in [-0.4, -0.2) is 26.7 Å². The minimum atomic E-state index is -0.333. The fourth-order valence-corrected chi connectivity index (χ4v) is 4.87. The normalized spacial score (nSPS) is 15.1. The first kappa shape index (κ1) is 16.2. The van der Waals surface area contributed by atoms with Gasteiger partial charge in [-0.05, 0) is 0 Å². The van der Waals surface area contributed by atoms with Crippen LogP contribution in [0.2, 0.25) is 5.32 Å². The second-order valence-electron chi connectivity index (χ2n) is 5.23. The summed E-state index contributed by atoms with van der Waals surface area (Å²) in [5.41, 5.74) is 6.69. The van der Waals surface area contributed by atoms with Crippen molar-refractivity contribution in [3.63, 3.8) is 0 Å². The third-order valence-electron chi connectivity index (χ3n) is 3.42. The van der Waals surface area contributed by atoms with Crippen LogP contribution in [-0.2, 0) is 0 Å². The number of hydrogen-bond donors (Lipinski definition) is 2. The molecule has 0 unspecified atom stereocenters. The maximum absolute atomic E-state index is 12.0. The van der Waals surface area contributed by atoms with Crippen molar-refractivity contribution < 1.29 is 4.79 Å². The van der Waals surface area contributed by atoms with E-state index in [2.05, 4.69) is 56.9 Å². The van der Waals surface area contributed by atoms with Crippen molar-refractivity contribution in [2.24, 2.45) is 5.10 Å². The molecule has 2 aromatic rings. The van der Waals surface area contributed by atoms with Crippen molar-refractivity contribution in [1.29, 1.82) is 0 Å². The van der Waals surface area contributed by atoms with Gasteiger partial charge < -0.3 is 0 Å².